The third-order valence-electron chi connectivity index (χ3n) is 6.41. The first-order valence-electron chi connectivity index (χ1n) is 11.5. The smallest absolute Gasteiger partial charge is 0.252 e. The Hall–Kier alpha value is -1.92. The third kappa shape index (κ3) is 4.54. The van der Waals surface area contributed by atoms with Gasteiger partial charge in [0.25, 0.3) is 5.91 Å². The number of carbonyl (C=O) groups excluding carboxylic acids is 1. The van der Waals surface area contributed by atoms with Crippen molar-refractivity contribution in [3.8, 4) is 0 Å². The van der Waals surface area contributed by atoms with Crippen LogP contribution in [-0.2, 0) is 20.8 Å². The predicted molar refractivity (Wildman–Crippen MR) is 117 cm³/mol. The molecule has 2 fully saturated rings. The number of ether oxygens (including phenoxy) is 2. The van der Waals surface area contributed by atoms with Gasteiger partial charge in [0.1, 0.15) is 6.10 Å². The van der Waals surface area contributed by atoms with E-state index in [1.54, 1.807) is 7.11 Å². The van der Waals surface area contributed by atoms with Crippen LogP contribution in [0.4, 0.5) is 0 Å². The lowest BCUT2D eigenvalue weighted by Gasteiger charge is -2.33. The lowest BCUT2D eigenvalue weighted by Crippen LogP contribution is -2.44. The number of rotatable bonds is 9. The molecule has 1 saturated heterocycles. The SMILES string of the molecule is COCCCCn1cc([C@@H](C)N(C(=O)[C@H]2CCCCO2)C2CC2)c2nc(C)ccc21. The summed E-state index contributed by atoms with van der Waals surface area (Å²) in [6.07, 6.45) is 9.18. The van der Waals surface area contributed by atoms with Crippen molar-refractivity contribution >= 4 is 16.9 Å². The van der Waals surface area contributed by atoms with Crippen molar-refractivity contribution < 1.29 is 14.3 Å². The second-order valence-electron chi connectivity index (χ2n) is 8.81. The van der Waals surface area contributed by atoms with E-state index in [2.05, 4.69) is 34.7 Å². The first-order chi connectivity index (χ1) is 14.6. The van der Waals surface area contributed by atoms with Crippen molar-refractivity contribution in [1.29, 1.82) is 0 Å². The zero-order valence-electron chi connectivity index (χ0n) is 18.6. The first kappa shape index (κ1) is 21.3. The molecule has 4 rings (SSSR count). The molecule has 2 atom stereocenters. The second kappa shape index (κ2) is 9.48. The van der Waals surface area contributed by atoms with E-state index in [0.29, 0.717) is 12.6 Å². The molecule has 0 unspecified atom stereocenters. The Morgan fingerprint density at radius 1 is 1.30 bits per heavy atom. The normalized spacial score (nSPS) is 20.4. The standard InChI is InChI=1S/C24H35N3O3/c1-17-9-12-21-23(25-17)20(16-26(21)13-5-7-14-29-3)18(2)27(19-10-11-19)24(28)22-8-4-6-15-30-22/h9,12,16,18-19,22H,4-8,10-11,13-15H2,1-3H3/t18-,22-/m1/s1. The van der Waals surface area contributed by atoms with E-state index >= 15 is 0 Å². The van der Waals surface area contributed by atoms with Crippen molar-refractivity contribution in [3.05, 3.63) is 29.6 Å². The van der Waals surface area contributed by atoms with Gasteiger partial charge in [0.2, 0.25) is 0 Å². The van der Waals surface area contributed by atoms with Crippen LogP contribution >= 0.6 is 0 Å². The minimum absolute atomic E-state index is 0.00690. The molecule has 0 radical (unpaired) electrons. The average molecular weight is 414 g/mol. The first-order valence-corrected chi connectivity index (χ1v) is 11.5. The summed E-state index contributed by atoms with van der Waals surface area (Å²) in [6, 6.07) is 4.57. The van der Waals surface area contributed by atoms with Crippen LogP contribution in [0.1, 0.15) is 69.2 Å². The van der Waals surface area contributed by atoms with E-state index in [4.69, 9.17) is 14.5 Å². The van der Waals surface area contributed by atoms with E-state index < -0.39 is 0 Å². The number of unbranched alkanes of at least 4 members (excludes halogenated alkanes) is 1. The van der Waals surface area contributed by atoms with E-state index in [1.165, 1.54) is 0 Å². The Kier molecular flexibility index (Phi) is 6.74. The van der Waals surface area contributed by atoms with Crippen molar-refractivity contribution in [2.24, 2.45) is 0 Å². The number of carbonyl (C=O) groups is 1. The molecule has 0 spiro atoms. The fourth-order valence-electron chi connectivity index (χ4n) is 4.60. The van der Waals surface area contributed by atoms with Crippen LogP contribution in [0.25, 0.3) is 11.0 Å². The second-order valence-corrected chi connectivity index (χ2v) is 8.81. The fraction of sp³-hybridized carbons (Fsp3) is 0.667. The summed E-state index contributed by atoms with van der Waals surface area (Å²) < 4.78 is 13.3. The van der Waals surface area contributed by atoms with Crippen molar-refractivity contribution in [1.82, 2.24) is 14.5 Å². The fourth-order valence-corrected chi connectivity index (χ4v) is 4.60. The molecular formula is C24H35N3O3. The average Bonchev–Trinajstić information content (AvgIpc) is 3.53. The molecule has 3 heterocycles. The predicted octanol–water partition coefficient (Wildman–Crippen LogP) is 4.39. The van der Waals surface area contributed by atoms with Crippen LogP contribution in [0.15, 0.2) is 18.3 Å². The van der Waals surface area contributed by atoms with Crippen LogP contribution in [0.2, 0.25) is 0 Å². The van der Waals surface area contributed by atoms with Gasteiger partial charge in [-0.15, -0.1) is 0 Å². The number of aryl methyl sites for hydroxylation is 2. The molecule has 2 aromatic heterocycles. The van der Waals surface area contributed by atoms with Gasteiger partial charge in [0, 0.05) is 50.4 Å². The molecule has 1 saturated carbocycles. The van der Waals surface area contributed by atoms with Gasteiger partial charge in [-0.1, -0.05) is 0 Å². The van der Waals surface area contributed by atoms with Gasteiger partial charge < -0.3 is 18.9 Å². The van der Waals surface area contributed by atoms with Crippen LogP contribution < -0.4 is 0 Å². The Bertz CT molecular complexity index is 868. The maximum absolute atomic E-state index is 13.4. The highest BCUT2D eigenvalue weighted by Gasteiger charge is 2.40. The molecule has 6 heteroatoms. The lowest BCUT2D eigenvalue weighted by molar-refractivity contribution is -0.149. The van der Waals surface area contributed by atoms with Crippen LogP contribution in [0.3, 0.4) is 0 Å². The number of hydrogen-bond donors (Lipinski definition) is 0. The van der Waals surface area contributed by atoms with Gasteiger partial charge in [-0.25, -0.2) is 0 Å². The summed E-state index contributed by atoms with van der Waals surface area (Å²) >= 11 is 0. The monoisotopic (exact) mass is 413 g/mol. The van der Waals surface area contributed by atoms with Crippen LogP contribution in [0, 0.1) is 6.92 Å². The van der Waals surface area contributed by atoms with Gasteiger partial charge in [0.15, 0.2) is 0 Å². The van der Waals surface area contributed by atoms with E-state index in [0.717, 1.165) is 80.4 Å². The number of hydrogen-bond acceptors (Lipinski definition) is 4. The molecule has 164 valence electrons. The maximum Gasteiger partial charge on any atom is 0.252 e. The molecular weight excluding hydrogens is 378 g/mol. The highest BCUT2D eigenvalue weighted by Crippen LogP contribution is 2.38. The molecule has 1 amide bonds. The van der Waals surface area contributed by atoms with Crippen molar-refractivity contribution in [2.45, 2.75) is 83.5 Å². The van der Waals surface area contributed by atoms with Crippen molar-refractivity contribution in [2.75, 3.05) is 20.3 Å². The summed E-state index contributed by atoms with van der Waals surface area (Å²) in [5.41, 5.74) is 4.33. The van der Waals surface area contributed by atoms with Gasteiger partial charge in [0.05, 0.1) is 17.1 Å². The molecule has 1 aliphatic heterocycles. The van der Waals surface area contributed by atoms with Gasteiger partial charge in [-0.2, -0.15) is 0 Å². The number of aromatic nitrogens is 2. The van der Waals surface area contributed by atoms with E-state index in [9.17, 15) is 4.79 Å². The largest absolute Gasteiger partial charge is 0.385 e. The van der Waals surface area contributed by atoms with E-state index in [1.807, 2.05) is 6.92 Å². The highest BCUT2D eigenvalue weighted by atomic mass is 16.5. The Labute approximate surface area is 179 Å². The van der Waals surface area contributed by atoms with Gasteiger partial charge in [-0.3, -0.25) is 9.78 Å². The Balaban J connectivity index is 1.62. The van der Waals surface area contributed by atoms with Crippen LogP contribution in [0.5, 0.6) is 0 Å². The zero-order valence-corrected chi connectivity index (χ0v) is 18.6. The highest BCUT2D eigenvalue weighted by molar-refractivity contribution is 5.84. The summed E-state index contributed by atoms with van der Waals surface area (Å²) in [7, 11) is 1.75. The summed E-state index contributed by atoms with van der Waals surface area (Å²) in [4.78, 5) is 20.4. The van der Waals surface area contributed by atoms with E-state index in [-0.39, 0.29) is 18.1 Å². The minimum Gasteiger partial charge on any atom is -0.385 e. The van der Waals surface area contributed by atoms with Crippen molar-refractivity contribution in [3.63, 3.8) is 0 Å². The van der Waals surface area contributed by atoms with Crippen LogP contribution in [-0.4, -0.2) is 52.8 Å². The topological polar surface area (TPSA) is 56.6 Å². The summed E-state index contributed by atoms with van der Waals surface area (Å²) in [5, 5.41) is 0. The summed E-state index contributed by atoms with van der Waals surface area (Å²) in [6.45, 7) is 6.60. The molecule has 2 aliphatic rings. The zero-order chi connectivity index (χ0) is 21.1. The number of pyridine rings is 1. The van der Waals surface area contributed by atoms with Gasteiger partial charge in [-0.05, 0) is 70.9 Å². The minimum atomic E-state index is -0.279. The molecule has 6 nitrogen and oxygen atoms in total. The summed E-state index contributed by atoms with van der Waals surface area (Å²) in [5.74, 6) is 0.165. The molecule has 0 aromatic carbocycles. The molecule has 0 bridgehead atoms. The Morgan fingerprint density at radius 3 is 2.83 bits per heavy atom. The molecule has 30 heavy (non-hydrogen) atoms. The Morgan fingerprint density at radius 2 is 2.13 bits per heavy atom. The van der Waals surface area contributed by atoms with Gasteiger partial charge >= 0.3 is 0 Å². The number of methoxy groups -OCH3 is 1. The molecule has 2 aromatic rings. The number of amides is 1. The molecule has 0 N–H and O–H groups in total. The quantitative estimate of drug-likeness (QED) is 0.572. The maximum atomic E-state index is 13.4. The third-order valence-corrected chi connectivity index (χ3v) is 6.41. The number of nitrogens with zero attached hydrogens (tertiary/aromatic N) is 3. The lowest BCUT2D eigenvalue weighted by atomic mass is 10.0. The molecule has 1 aliphatic carbocycles. The number of fused-ring (bicyclic) bond motifs is 1.